The van der Waals surface area contributed by atoms with Gasteiger partial charge in [-0.3, -0.25) is 4.79 Å². The number of H-pyrrole nitrogens is 1. The number of aromatic amines is 1. The van der Waals surface area contributed by atoms with E-state index < -0.39 is 0 Å². The van der Waals surface area contributed by atoms with Crippen molar-refractivity contribution < 1.29 is 4.79 Å². The van der Waals surface area contributed by atoms with E-state index in [0.717, 1.165) is 39.7 Å². The molecule has 0 bridgehead atoms. The van der Waals surface area contributed by atoms with Crippen molar-refractivity contribution in [3.05, 3.63) is 94.0 Å². The lowest BCUT2D eigenvalue weighted by molar-refractivity contribution is -0.129. The number of likely N-dealkylation sites (tertiary alicyclic amines) is 1. The van der Waals surface area contributed by atoms with Crippen molar-refractivity contribution in [3.8, 4) is 11.3 Å². The minimum Gasteiger partial charge on any atom is -0.354 e. The van der Waals surface area contributed by atoms with Crippen molar-refractivity contribution in [1.29, 1.82) is 0 Å². The van der Waals surface area contributed by atoms with E-state index in [1.165, 1.54) is 0 Å². The van der Waals surface area contributed by atoms with Crippen molar-refractivity contribution in [1.82, 2.24) is 9.88 Å². The molecule has 4 aromatic rings. The first-order valence-electron chi connectivity index (χ1n) is 10.0. The largest absolute Gasteiger partial charge is 0.354 e. The summed E-state index contributed by atoms with van der Waals surface area (Å²) in [4.78, 5) is 18.4. The molecule has 5 rings (SSSR count). The van der Waals surface area contributed by atoms with Gasteiger partial charge in [-0.1, -0.05) is 71.7 Å². The van der Waals surface area contributed by atoms with Crippen molar-refractivity contribution >= 4 is 40.0 Å². The van der Waals surface area contributed by atoms with Gasteiger partial charge in [-0.25, -0.2) is 0 Å². The van der Waals surface area contributed by atoms with Crippen LogP contribution in [0.1, 0.15) is 30.0 Å². The highest BCUT2D eigenvalue weighted by molar-refractivity contribution is 6.36. The standard InChI is InChI=1S/C25H20Cl2N2O/c26-17-10-11-18(20(27)14-17)25-24(19-8-4-5-9-21(19)28-25)22-12-13-23(30)29(22)15-16-6-2-1-3-7-16/h1-11,14,22,28H,12-13,15H2. The molecular weight excluding hydrogens is 415 g/mol. The first-order chi connectivity index (χ1) is 14.6. The fraction of sp³-hybridized carbons (Fsp3) is 0.160. The number of carbonyl (C=O) groups excluding carboxylic acids is 1. The molecule has 1 saturated heterocycles. The summed E-state index contributed by atoms with van der Waals surface area (Å²) in [6.45, 7) is 0.595. The third-order valence-corrected chi connectivity index (χ3v) is 6.35. The Morgan fingerprint density at radius 3 is 2.53 bits per heavy atom. The van der Waals surface area contributed by atoms with Crippen LogP contribution in [0.25, 0.3) is 22.2 Å². The number of nitrogens with zero attached hydrogens (tertiary/aromatic N) is 1. The lowest BCUT2D eigenvalue weighted by Crippen LogP contribution is -2.27. The zero-order valence-corrected chi connectivity index (χ0v) is 17.8. The Morgan fingerprint density at radius 1 is 0.967 bits per heavy atom. The summed E-state index contributed by atoms with van der Waals surface area (Å²) < 4.78 is 0. The number of benzene rings is 3. The Balaban J connectivity index is 1.66. The zero-order chi connectivity index (χ0) is 20.7. The fourth-order valence-electron chi connectivity index (χ4n) is 4.43. The number of rotatable bonds is 4. The average Bonchev–Trinajstić information content (AvgIpc) is 3.29. The molecule has 0 radical (unpaired) electrons. The Kier molecular flexibility index (Phi) is 5.01. The molecule has 1 unspecified atom stereocenters. The first kappa shape index (κ1) is 19.2. The molecule has 1 aliphatic heterocycles. The number of carbonyl (C=O) groups is 1. The maximum absolute atomic E-state index is 12.9. The van der Waals surface area contributed by atoms with Crippen LogP contribution in [-0.2, 0) is 11.3 Å². The highest BCUT2D eigenvalue weighted by Crippen LogP contribution is 2.44. The Labute approximate surface area is 185 Å². The second-order valence-corrected chi connectivity index (χ2v) is 8.49. The summed E-state index contributed by atoms with van der Waals surface area (Å²) >= 11 is 12.7. The van der Waals surface area contributed by atoms with Crippen LogP contribution in [0.4, 0.5) is 0 Å². The van der Waals surface area contributed by atoms with E-state index in [0.29, 0.717) is 23.0 Å². The van der Waals surface area contributed by atoms with Gasteiger partial charge < -0.3 is 9.88 Å². The molecule has 3 nitrogen and oxygen atoms in total. The molecule has 0 saturated carbocycles. The van der Waals surface area contributed by atoms with Gasteiger partial charge >= 0.3 is 0 Å². The van der Waals surface area contributed by atoms with Crippen LogP contribution < -0.4 is 0 Å². The Bertz CT molecular complexity index is 1230. The highest BCUT2D eigenvalue weighted by Gasteiger charge is 2.35. The number of halogens is 2. The van der Waals surface area contributed by atoms with Gasteiger partial charge in [0.15, 0.2) is 0 Å². The molecule has 150 valence electrons. The van der Waals surface area contributed by atoms with E-state index in [4.69, 9.17) is 23.2 Å². The third-order valence-electron chi connectivity index (χ3n) is 5.80. The van der Waals surface area contributed by atoms with Crippen molar-refractivity contribution in [2.24, 2.45) is 0 Å². The van der Waals surface area contributed by atoms with Gasteiger partial charge in [-0.2, -0.15) is 0 Å². The monoisotopic (exact) mass is 434 g/mol. The summed E-state index contributed by atoms with van der Waals surface area (Å²) in [5.74, 6) is 0.183. The van der Waals surface area contributed by atoms with Gasteiger partial charge in [-0.05, 0) is 36.2 Å². The molecule has 1 aromatic heterocycles. The van der Waals surface area contributed by atoms with Crippen molar-refractivity contribution in [2.75, 3.05) is 0 Å². The summed E-state index contributed by atoms with van der Waals surface area (Å²) in [5.41, 5.74) is 5.13. The highest BCUT2D eigenvalue weighted by atomic mass is 35.5. The number of hydrogen-bond donors (Lipinski definition) is 1. The van der Waals surface area contributed by atoms with Gasteiger partial charge in [0.2, 0.25) is 5.91 Å². The summed E-state index contributed by atoms with van der Waals surface area (Å²) in [5, 5.41) is 2.31. The van der Waals surface area contributed by atoms with Gasteiger partial charge in [0.1, 0.15) is 0 Å². The minimum atomic E-state index is -0.0180. The van der Waals surface area contributed by atoms with Crippen LogP contribution in [0.2, 0.25) is 10.0 Å². The lowest BCUT2D eigenvalue weighted by Gasteiger charge is -2.26. The molecule has 1 amide bonds. The van der Waals surface area contributed by atoms with Gasteiger partial charge in [0, 0.05) is 40.0 Å². The molecule has 0 spiro atoms. The molecule has 1 N–H and O–H groups in total. The van der Waals surface area contributed by atoms with Crippen molar-refractivity contribution in [2.45, 2.75) is 25.4 Å². The first-order valence-corrected chi connectivity index (χ1v) is 10.8. The number of para-hydroxylation sites is 1. The zero-order valence-electron chi connectivity index (χ0n) is 16.2. The predicted octanol–water partition coefficient (Wildman–Crippen LogP) is 7.01. The summed E-state index contributed by atoms with van der Waals surface area (Å²) in [7, 11) is 0. The Morgan fingerprint density at radius 2 is 1.73 bits per heavy atom. The van der Waals surface area contributed by atoms with E-state index in [1.807, 2.05) is 47.4 Å². The van der Waals surface area contributed by atoms with Crippen LogP contribution in [-0.4, -0.2) is 15.8 Å². The molecule has 1 aliphatic rings. The molecule has 1 fully saturated rings. The third kappa shape index (κ3) is 3.38. The fourth-order valence-corrected chi connectivity index (χ4v) is 4.93. The number of fused-ring (bicyclic) bond motifs is 1. The second kappa shape index (κ2) is 7.82. The van der Waals surface area contributed by atoms with E-state index in [-0.39, 0.29) is 11.9 Å². The predicted molar refractivity (Wildman–Crippen MR) is 123 cm³/mol. The van der Waals surface area contributed by atoms with Crippen LogP contribution in [0.3, 0.4) is 0 Å². The lowest BCUT2D eigenvalue weighted by atomic mass is 9.96. The van der Waals surface area contributed by atoms with Crippen LogP contribution >= 0.6 is 23.2 Å². The molecule has 1 atom stereocenters. The number of aromatic nitrogens is 1. The molecule has 5 heteroatoms. The van der Waals surface area contributed by atoms with Crippen molar-refractivity contribution in [3.63, 3.8) is 0 Å². The Hall–Kier alpha value is -2.75. The van der Waals surface area contributed by atoms with Gasteiger partial charge in [0.05, 0.1) is 16.8 Å². The summed E-state index contributed by atoms with van der Waals surface area (Å²) in [6, 6.07) is 23.9. The van der Waals surface area contributed by atoms with Gasteiger partial charge in [0.25, 0.3) is 0 Å². The van der Waals surface area contributed by atoms with Crippen LogP contribution in [0.15, 0.2) is 72.8 Å². The van der Waals surface area contributed by atoms with E-state index in [9.17, 15) is 4.79 Å². The molecule has 3 aromatic carbocycles. The number of amides is 1. The quantitative estimate of drug-likeness (QED) is 0.368. The maximum atomic E-state index is 12.9. The molecular formula is C25H20Cl2N2O. The smallest absolute Gasteiger partial charge is 0.223 e. The second-order valence-electron chi connectivity index (χ2n) is 7.65. The SMILES string of the molecule is O=C1CCC(c2c(-c3ccc(Cl)cc3Cl)[nH]c3ccccc23)N1Cc1ccccc1. The van der Waals surface area contributed by atoms with Crippen LogP contribution in [0, 0.1) is 0 Å². The molecule has 0 aliphatic carbocycles. The van der Waals surface area contributed by atoms with E-state index in [2.05, 4.69) is 29.2 Å². The molecule has 30 heavy (non-hydrogen) atoms. The minimum absolute atomic E-state index is 0.0180. The number of hydrogen-bond acceptors (Lipinski definition) is 1. The number of nitrogens with one attached hydrogen (secondary N) is 1. The van der Waals surface area contributed by atoms with Crippen LogP contribution in [0.5, 0.6) is 0 Å². The topological polar surface area (TPSA) is 36.1 Å². The average molecular weight is 435 g/mol. The van der Waals surface area contributed by atoms with E-state index >= 15 is 0 Å². The van der Waals surface area contributed by atoms with E-state index in [1.54, 1.807) is 6.07 Å². The van der Waals surface area contributed by atoms with Gasteiger partial charge in [-0.15, -0.1) is 0 Å². The maximum Gasteiger partial charge on any atom is 0.223 e. The molecule has 2 heterocycles. The normalized spacial score (nSPS) is 16.5. The summed E-state index contributed by atoms with van der Waals surface area (Å²) in [6.07, 6.45) is 1.33.